The molecule has 0 saturated heterocycles. The molecule has 0 aliphatic rings. The molecule has 1 N–H and O–H groups in total. The van der Waals surface area contributed by atoms with E-state index in [1.807, 2.05) is 13.8 Å². The molecule has 1 atom stereocenters. The number of aliphatic hydroxyl groups is 1. The molecule has 0 bridgehead atoms. The topological polar surface area (TPSA) is 55.2 Å². The quantitative estimate of drug-likeness (QED) is 0.757. The molecule has 0 radical (unpaired) electrons. The predicted molar refractivity (Wildman–Crippen MR) is 48.1 cm³/mol. The summed E-state index contributed by atoms with van der Waals surface area (Å²) in [6, 6.07) is 1.76. The van der Waals surface area contributed by atoms with Crippen molar-refractivity contribution >= 4 is 0 Å². The van der Waals surface area contributed by atoms with Gasteiger partial charge in [-0.05, 0) is 19.9 Å². The van der Waals surface area contributed by atoms with Crippen LogP contribution in [-0.2, 0) is 11.3 Å². The van der Waals surface area contributed by atoms with Gasteiger partial charge in [0.25, 0.3) is 0 Å². The molecule has 1 rings (SSSR count). The fraction of sp³-hybridized carbons (Fsp3) is 0.556. The Hall–Kier alpha value is -1.00. The van der Waals surface area contributed by atoms with E-state index in [4.69, 9.17) is 9.84 Å². The summed E-state index contributed by atoms with van der Waals surface area (Å²) in [5.41, 5.74) is 1.48. The van der Waals surface area contributed by atoms with E-state index in [0.717, 1.165) is 5.69 Å². The van der Waals surface area contributed by atoms with E-state index in [2.05, 4.69) is 9.97 Å². The van der Waals surface area contributed by atoms with Crippen molar-refractivity contribution in [2.45, 2.75) is 26.6 Å². The van der Waals surface area contributed by atoms with Crippen LogP contribution in [0.4, 0.5) is 0 Å². The molecule has 4 heteroatoms. The number of hydrogen-bond donors (Lipinski definition) is 1. The van der Waals surface area contributed by atoms with Gasteiger partial charge in [0.15, 0.2) is 5.82 Å². The van der Waals surface area contributed by atoms with Gasteiger partial charge in [0.1, 0.15) is 6.10 Å². The number of ether oxygens (including phenoxy) is 1. The van der Waals surface area contributed by atoms with Crippen molar-refractivity contribution in [3.8, 4) is 0 Å². The highest BCUT2D eigenvalue weighted by molar-refractivity contribution is 5.10. The van der Waals surface area contributed by atoms with Crippen LogP contribution < -0.4 is 0 Å². The van der Waals surface area contributed by atoms with Crippen LogP contribution in [0.1, 0.15) is 30.2 Å². The van der Waals surface area contributed by atoms with E-state index in [9.17, 15) is 0 Å². The van der Waals surface area contributed by atoms with Gasteiger partial charge < -0.3 is 9.84 Å². The maximum Gasteiger partial charge on any atom is 0.157 e. The summed E-state index contributed by atoms with van der Waals surface area (Å²) in [5, 5.41) is 8.91. The maximum absolute atomic E-state index is 8.91. The molecule has 4 nitrogen and oxygen atoms in total. The minimum atomic E-state index is -0.134. The summed E-state index contributed by atoms with van der Waals surface area (Å²) in [6.07, 6.45) is -0.134. The summed E-state index contributed by atoms with van der Waals surface area (Å²) < 4.78 is 5.08. The van der Waals surface area contributed by atoms with E-state index in [0.29, 0.717) is 11.5 Å². The Morgan fingerprint density at radius 3 is 2.77 bits per heavy atom. The summed E-state index contributed by atoms with van der Waals surface area (Å²) in [5.74, 6) is 0.617. The van der Waals surface area contributed by atoms with Crippen LogP contribution >= 0.6 is 0 Å². The number of aryl methyl sites for hydroxylation is 1. The highest BCUT2D eigenvalue weighted by atomic mass is 16.5. The first-order valence-electron chi connectivity index (χ1n) is 4.15. The molecular formula is C9H14N2O2. The molecule has 0 amide bonds. The van der Waals surface area contributed by atoms with E-state index in [1.54, 1.807) is 13.2 Å². The molecule has 0 aromatic carbocycles. The molecule has 1 heterocycles. The first-order valence-corrected chi connectivity index (χ1v) is 4.15. The van der Waals surface area contributed by atoms with Gasteiger partial charge in [-0.2, -0.15) is 0 Å². The van der Waals surface area contributed by atoms with Gasteiger partial charge in [-0.15, -0.1) is 0 Å². The number of aromatic nitrogens is 2. The molecule has 13 heavy (non-hydrogen) atoms. The molecular weight excluding hydrogens is 168 g/mol. The lowest BCUT2D eigenvalue weighted by atomic mass is 10.3. The van der Waals surface area contributed by atoms with Crippen molar-refractivity contribution in [3.05, 3.63) is 23.3 Å². The van der Waals surface area contributed by atoms with E-state index >= 15 is 0 Å². The molecule has 1 aromatic heterocycles. The zero-order valence-corrected chi connectivity index (χ0v) is 8.11. The SMILES string of the molecule is COC(C)c1nc(C)cc(CO)n1. The third kappa shape index (κ3) is 2.47. The van der Waals surface area contributed by atoms with Crippen LogP contribution in [0.3, 0.4) is 0 Å². The molecule has 0 saturated carbocycles. The van der Waals surface area contributed by atoms with Gasteiger partial charge in [-0.25, -0.2) is 9.97 Å². The zero-order chi connectivity index (χ0) is 9.84. The molecule has 0 aliphatic heterocycles. The van der Waals surface area contributed by atoms with Gasteiger partial charge in [0, 0.05) is 12.8 Å². The second-order valence-electron chi connectivity index (χ2n) is 2.89. The van der Waals surface area contributed by atoms with Gasteiger partial charge in [-0.3, -0.25) is 0 Å². The van der Waals surface area contributed by atoms with Crippen LogP contribution in [0.15, 0.2) is 6.07 Å². The van der Waals surface area contributed by atoms with Gasteiger partial charge in [-0.1, -0.05) is 0 Å². The summed E-state index contributed by atoms with van der Waals surface area (Å²) in [4.78, 5) is 8.34. The second-order valence-corrected chi connectivity index (χ2v) is 2.89. The molecule has 0 aliphatic carbocycles. The smallest absolute Gasteiger partial charge is 0.157 e. The Labute approximate surface area is 77.6 Å². The lowest BCUT2D eigenvalue weighted by Gasteiger charge is -2.09. The zero-order valence-electron chi connectivity index (χ0n) is 8.11. The predicted octanol–water partition coefficient (Wildman–Crippen LogP) is 0.985. The van der Waals surface area contributed by atoms with E-state index < -0.39 is 0 Å². The number of hydrogen-bond acceptors (Lipinski definition) is 4. The van der Waals surface area contributed by atoms with Crippen molar-refractivity contribution in [1.29, 1.82) is 0 Å². The van der Waals surface area contributed by atoms with Crippen molar-refractivity contribution < 1.29 is 9.84 Å². The Morgan fingerprint density at radius 2 is 2.23 bits per heavy atom. The Balaban J connectivity index is 3.01. The van der Waals surface area contributed by atoms with Crippen molar-refractivity contribution in [1.82, 2.24) is 9.97 Å². The number of rotatable bonds is 3. The minimum absolute atomic E-state index is 0.0627. The van der Waals surface area contributed by atoms with Gasteiger partial charge >= 0.3 is 0 Å². The van der Waals surface area contributed by atoms with Gasteiger partial charge in [0.2, 0.25) is 0 Å². The molecule has 0 spiro atoms. The van der Waals surface area contributed by atoms with Gasteiger partial charge in [0.05, 0.1) is 12.3 Å². The monoisotopic (exact) mass is 182 g/mol. The average Bonchev–Trinajstić information content (AvgIpc) is 2.15. The molecule has 72 valence electrons. The van der Waals surface area contributed by atoms with Crippen LogP contribution in [-0.4, -0.2) is 22.2 Å². The lowest BCUT2D eigenvalue weighted by Crippen LogP contribution is -2.06. The van der Waals surface area contributed by atoms with Crippen LogP contribution in [0.5, 0.6) is 0 Å². The molecule has 1 unspecified atom stereocenters. The van der Waals surface area contributed by atoms with Crippen molar-refractivity contribution in [2.24, 2.45) is 0 Å². The van der Waals surface area contributed by atoms with E-state index in [1.165, 1.54) is 0 Å². The van der Waals surface area contributed by atoms with Crippen molar-refractivity contribution in [2.75, 3.05) is 7.11 Å². The highest BCUT2D eigenvalue weighted by Crippen LogP contribution is 2.11. The van der Waals surface area contributed by atoms with E-state index in [-0.39, 0.29) is 12.7 Å². The second kappa shape index (κ2) is 4.30. The first-order chi connectivity index (χ1) is 6.17. The summed E-state index contributed by atoms with van der Waals surface area (Å²) in [7, 11) is 1.61. The third-order valence-electron chi connectivity index (χ3n) is 1.80. The maximum atomic E-state index is 8.91. The average molecular weight is 182 g/mol. The fourth-order valence-corrected chi connectivity index (χ4v) is 1.03. The van der Waals surface area contributed by atoms with Crippen molar-refractivity contribution in [3.63, 3.8) is 0 Å². The van der Waals surface area contributed by atoms with Crippen LogP contribution in [0, 0.1) is 6.92 Å². The molecule has 0 fully saturated rings. The summed E-state index contributed by atoms with van der Waals surface area (Å²) in [6.45, 7) is 3.68. The Kier molecular flexibility index (Phi) is 3.33. The minimum Gasteiger partial charge on any atom is -0.390 e. The number of aliphatic hydroxyl groups excluding tert-OH is 1. The van der Waals surface area contributed by atoms with Crippen LogP contribution in [0.2, 0.25) is 0 Å². The standard InChI is InChI=1S/C9H14N2O2/c1-6-4-8(5-12)11-9(10-6)7(2)13-3/h4,7,12H,5H2,1-3H3. The number of methoxy groups -OCH3 is 1. The van der Waals surface area contributed by atoms with Crippen LogP contribution in [0.25, 0.3) is 0 Å². The highest BCUT2D eigenvalue weighted by Gasteiger charge is 2.08. The lowest BCUT2D eigenvalue weighted by molar-refractivity contribution is 0.111. The fourth-order valence-electron chi connectivity index (χ4n) is 1.03. The normalized spacial score (nSPS) is 12.9. The number of nitrogens with zero attached hydrogens (tertiary/aromatic N) is 2. The third-order valence-corrected chi connectivity index (χ3v) is 1.80. The molecule has 1 aromatic rings. The Bertz CT molecular complexity index is 289. The first kappa shape index (κ1) is 10.1. The largest absolute Gasteiger partial charge is 0.390 e. The summed E-state index contributed by atoms with van der Waals surface area (Å²) >= 11 is 0. The Morgan fingerprint density at radius 1 is 1.54 bits per heavy atom.